The lowest BCUT2D eigenvalue weighted by molar-refractivity contribution is 0.280. The van der Waals surface area contributed by atoms with Gasteiger partial charge < -0.3 is 0 Å². The van der Waals surface area contributed by atoms with E-state index < -0.39 is 15.4 Å². The summed E-state index contributed by atoms with van der Waals surface area (Å²) < 4.78 is 32.0. The quantitative estimate of drug-likeness (QED) is 0.481. The SMILES string of the molecule is O=S(=O)(O)C(CCCI)C1CCC1. The Balaban J connectivity index is 2.53. The van der Waals surface area contributed by atoms with Gasteiger partial charge in [0.25, 0.3) is 10.1 Å². The monoisotopic (exact) mass is 318 g/mol. The molecule has 1 unspecified atom stereocenters. The minimum Gasteiger partial charge on any atom is -0.285 e. The summed E-state index contributed by atoms with van der Waals surface area (Å²) >= 11 is 2.23. The molecule has 1 saturated carbocycles. The second kappa shape index (κ2) is 4.93. The number of halogens is 1. The van der Waals surface area contributed by atoms with Crippen molar-refractivity contribution >= 4 is 32.7 Å². The molecule has 1 atom stereocenters. The third kappa shape index (κ3) is 3.36. The van der Waals surface area contributed by atoms with Gasteiger partial charge in [-0.1, -0.05) is 29.0 Å². The summed E-state index contributed by atoms with van der Waals surface area (Å²) in [6, 6.07) is 0. The topological polar surface area (TPSA) is 54.4 Å². The first-order valence-electron chi connectivity index (χ1n) is 4.58. The van der Waals surface area contributed by atoms with Crippen molar-refractivity contribution in [3.05, 3.63) is 0 Å². The number of rotatable bonds is 5. The van der Waals surface area contributed by atoms with Crippen molar-refractivity contribution in [2.45, 2.75) is 37.4 Å². The summed E-state index contributed by atoms with van der Waals surface area (Å²) in [7, 11) is -3.80. The van der Waals surface area contributed by atoms with Gasteiger partial charge in [0.05, 0.1) is 5.25 Å². The Morgan fingerprint density at radius 1 is 1.46 bits per heavy atom. The molecule has 0 aromatic rings. The van der Waals surface area contributed by atoms with Gasteiger partial charge in [0.1, 0.15) is 0 Å². The molecule has 0 amide bonds. The number of hydrogen-bond acceptors (Lipinski definition) is 2. The normalized spacial score (nSPS) is 21.1. The first kappa shape index (κ1) is 11.7. The molecule has 0 bridgehead atoms. The maximum absolute atomic E-state index is 11.0. The van der Waals surface area contributed by atoms with E-state index in [0.717, 1.165) is 30.1 Å². The molecule has 0 heterocycles. The van der Waals surface area contributed by atoms with E-state index in [0.29, 0.717) is 6.42 Å². The molecule has 5 heteroatoms. The maximum atomic E-state index is 11.0. The van der Waals surface area contributed by atoms with E-state index in [1.165, 1.54) is 0 Å². The van der Waals surface area contributed by atoms with Crippen LogP contribution in [0.3, 0.4) is 0 Å². The van der Waals surface area contributed by atoms with Crippen molar-refractivity contribution in [3.63, 3.8) is 0 Å². The zero-order valence-corrected chi connectivity index (χ0v) is 10.4. The number of hydrogen-bond donors (Lipinski definition) is 1. The highest BCUT2D eigenvalue weighted by atomic mass is 127. The molecule has 0 spiro atoms. The molecule has 78 valence electrons. The van der Waals surface area contributed by atoms with Gasteiger partial charge in [0.2, 0.25) is 0 Å². The summed E-state index contributed by atoms with van der Waals surface area (Å²) in [6.07, 6.45) is 4.53. The Morgan fingerprint density at radius 2 is 2.08 bits per heavy atom. The highest BCUT2D eigenvalue weighted by Crippen LogP contribution is 2.34. The highest BCUT2D eigenvalue weighted by Gasteiger charge is 2.34. The zero-order valence-electron chi connectivity index (χ0n) is 7.45. The van der Waals surface area contributed by atoms with Crippen molar-refractivity contribution < 1.29 is 13.0 Å². The van der Waals surface area contributed by atoms with Gasteiger partial charge in [-0.2, -0.15) is 8.42 Å². The van der Waals surface area contributed by atoms with Crippen molar-refractivity contribution in [1.82, 2.24) is 0 Å². The molecule has 3 nitrogen and oxygen atoms in total. The van der Waals surface area contributed by atoms with Crippen LogP contribution in [0, 0.1) is 5.92 Å². The van der Waals surface area contributed by atoms with E-state index in [9.17, 15) is 8.42 Å². The molecule has 0 aliphatic heterocycles. The second-order valence-electron chi connectivity index (χ2n) is 3.58. The van der Waals surface area contributed by atoms with Crippen LogP contribution in [0.1, 0.15) is 32.1 Å². The Kier molecular flexibility index (Phi) is 4.44. The molecule has 1 aliphatic carbocycles. The van der Waals surface area contributed by atoms with E-state index in [-0.39, 0.29) is 5.92 Å². The van der Waals surface area contributed by atoms with Gasteiger partial charge in [-0.3, -0.25) is 4.55 Å². The fraction of sp³-hybridized carbons (Fsp3) is 1.00. The zero-order chi connectivity index (χ0) is 9.90. The van der Waals surface area contributed by atoms with Crippen LogP contribution >= 0.6 is 22.6 Å². The van der Waals surface area contributed by atoms with Gasteiger partial charge in [-0.15, -0.1) is 0 Å². The highest BCUT2D eigenvalue weighted by molar-refractivity contribution is 14.1. The van der Waals surface area contributed by atoms with Gasteiger partial charge in [0.15, 0.2) is 0 Å². The van der Waals surface area contributed by atoms with E-state index in [4.69, 9.17) is 4.55 Å². The lowest BCUT2D eigenvalue weighted by atomic mass is 9.81. The maximum Gasteiger partial charge on any atom is 0.268 e. The molecule has 0 radical (unpaired) electrons. The number of alkyl halides is 1. The van der Waals surface area contributed by atoms with Crippen LogP contribution in [0.2, 0.25) is 0 Å². The molecule has 1 aliphatic rings. The Hall–Kier alpha value is 0.640. The lowest BCUT2D eigenvalue weighted by Gasteiger charge is -2.31. The largest absolute Gasteiger partial charge is 0.285 e. The van der Waals surface area contributed by atoms with Gasteiger partial charge >= 0.3 is 0 Å². The first-order valence-corrected chi connectivity index (χ1v) is 7.61. The molecule has 13 heavy (non-hydrogen) atoms. The summed E-state index contributed by atoms with van der Waals surface area (Å²) in [5.41, 5.74) is 0. The molecular weight excluding hydrogens is 303 g/mol. The Morgan fingerprint density at radius 3 is 2.38 bits per heavy atom. The fourth-order valence-electron chi connectivity index (χ4n) is 1.72. The first-order chi connectivity index (χ1) is 6.05. The van der Waals surface area contributed by atoms with Gasteiger partial charge in [-0.05, 0) is 36.0 Å². The van der Waals surface area contributed by atoms with Crippen molar-refractivity contribution in [2.24, 2.45) is 5.92 Å². The molecule has 1 N–H and O–H groups in total. The summed E-state index contributed by atoms with van der Waals surface area (Å²) in [5, 5.41) is -0.490. The van der Waals surface area contributed by atoms with Crippen LogP contribution in [0.4, 0.5) is 0 Å². The van der Waals surface area contributed by atoms with Crippen LogP contribution in [0.15, 0.2) is 0 Å². The minimum absolute atomic E-state index is 0.220. The van der Waals surface area contributed by atoms with Gasteiger partial charge in [-0.25, -0.2) is 0 Å². The molecule has 0 aromatic heterocycles. The van der Waals surface area contributed by atoms with E-state index >= 15 is 0 Å². The van der Waals surface area contributed by atoms with Crippen molar-refractivity contribution in [2.75, 3.05) is 4.43 Å². The lowest BCUT2D eigenvalue weighted by Crippen LogP contribution is -2.33. The molecular formula is C8H15IO3S. The third-order valence-electron chi connectivity index (χ3n) is 2.68. The van der Waals surface area contributed by atoms with Crippen molar-refractivity contribution in [3.8, 4) is 0 Å². The van der Waals surface area contributed by atoms with Crippen LogP contribution in [0.25, 0.3) is 0 Å². The minimum atomic E-state index is -3.80. The van der Waals surface area contributed by atoms with E-state index in [1.54, 1.807) is 0 Å². The third-order valence-corrected chi connectivity index (χ3v) is 4.83. The van der Waals surface area contributed by atoms with Crippen molar-refractivity contribution in [1.29, 1.82) is 0 Å². The average molecular weight is 318 g/mol. The second-order valence-corrected chi connectivity index (χ2v) is 6.29. The summed E-state index contributed by atoms with van der Waals surface area (Å²) in [5.74, 6) is 0.220. The fourth-order valence-corrected chi connectivity index (χ4v) is 3.38. The summed E-state index contributed by atoms with van der Waals surface area (Å²) in [4.78, 5) is 0. The Bertz CT molecular complexity index is 246. The molecule has 0 saturated heterocycles. The van der Waals surface area contributed by atoms with Crippen LogP contribution in [-0.2, 0) is 10.1 Å². The van der Waals surface area contributed by atoms with Crippen LogP contribution < -0.4 is 0 Å². The van der Waals surface area contributed by atoms with E-state index in [2.05, 4.69) is 22.6 Å². The Labute approximate surface area is 93.2 Å². The standard InChI is InChI=1S/C8H15IO3S/c9-6-2-5-8(13(10,11)12)7-3-1-4-7/h7-8H,1-6H2,(H,10,11,12). The molecule has 0 aromatic carbocycles. The smallest absolute Gasteiger partial charge is 0.268 e. The predicted octanol–water partition coefficient (Wildman–Crippen LogP) is 2.26. The predicted molar refractivity (Wildman–Crippen MR) is 60.8 cm³/mol. The average Bonchev–Trinajstić information content (AvgIpc) is 1.91. The van der Waals surface area contributed by atoms with Crippen LogP contribution in [-0.4, -0.2) is 22.6 Å². The van der Waals surface area contributed by atoms with Gasteiger partial charge in [0, 0.05) is 0 Å². The molecule has 1 fully saturated rings. The van der Waals surface area contributed by atoms with Crippen LogP contribution in [0.5, 0.6) is 0 Å². The summed E-state index contributed by atoms with van der Waals surface area (Å²) in [6.45, 7) is 0. The molecule has 1 rings (SSSR count). The van der Waals surface area contributed by atoms with E-state index in [1.807, 2.05) is 0 Å².